The normalized spacial score (nSPS) is 17.7. The van der Waals surface area contributed by atoms with Gasteiger partial charge in [-0.15, -0.1) is 21.5 Å². The molecular formula is C22H25N3O3S2. The number of ether oxygens (including phenoxy) is 1. The highest BCUT2D eigenvalue weighted by atomic mass is 32.2. The number of aryl methyl sites for hydroxylation is 1. The first-order valence-electron chi connectivity index (χ1n) is 9.98. The zero-order valence-corrected chi connectivity index (χ0v) is 18.7. The second-order valence-electron chi connectivity index (χ2n) is 7.55. The maximum atomic E-state index is 13.4. The molecule has 1 atom stereocenters. The molecule has 30 heavy (non-hydrogen) atoms. The molecule has 158 valence electrons. The summed E-state index contributed by atoms with van der Waals surface area (Å²) in [6.45, 7) is 2.80. The van der Waals surface area contributed by atoms with E-state index < -0.39 is 10.0 Å². The van der Waals surface area contributed by atoms with Gasteiger partial charge in [0.25, 0.3) is 0 Å². The van der Waals surface area contributed by atoms with Crippen molar-refractivity contribution in [3.05, 3.63) is 69.7 Å². The highest BCUT2D eigenvalue weighted by Crippen LogP contribution is 2.34. The number of nitrogens with zero attached hydrogens (tertiary/aromatic N) is 3. The highest BCUT2D eigenvalue weighted by molar-refractivity contribution is 7.89. The summed E-state index contributed by atoms with van der Waals surface area (Å²) in [5, 5.41) is 10.6. The number of hydrogen-bond donors (Lipinski definition) is 0. The van der Waals surface area contributed by atoms with E-state index in [9.17, 15) is 8.42 Å². The average molecular weight is 444 g/mol. The molecule has 8 heteroatoms. The third-order valence-corrected chi connectivity index (χ3v) is 8.32. The lowest BCUT2D eigenvalue weighted by Gasteiger charge is -2.31. The van der Waals surface area contributed by atoms with Crippen LogP contribution in [0.5, 0.6) is 5.75 Å². The van der Waals surface area contributed by atoms with Crippen LogP contribution < -0.4 is 4.74 Å². The van der Waals surface area contributed by atoms with Gasteiger partial charge in [0.05, 0.1) is 7.11 Å². The average Bonchev–Trinajstić information content (AvgIpc) is 3.23. The maximum absolute atomic E-state index is 13.4. The van der Waals surface area contributed by atoms with Gasteiger partial charge in [-0.05, 0) is 43.0 Å². The third-order valence-electron chi connectivity index (χ3n) is 5.35. The monoisotopic (exact) mass is 443 g/mol. The SMILES string of the molecule is COc1ccc(C)cc1S(=O)(=O)N1CCC[C@H](c2nnc(Cc3ccccc3)s2)C1. The number of methoxy groups -OCH3 is 1. The Morgan fingerprint density at radius 3 is 2.73 bits per heavy atom. The van der Waals surface area contributed by atoms with Crippen molar-refractivity contribution in [3.8, 4) is 5.75 Å². The number of rotatable bonds is 6. The molecule has 1 aliphatic heterocycles. The Hall–Kier alpha value is -2.29. The number of hydrogen-bond acceptors (Lipinski definition) is 6. The molecule has 0 spiro atoms. The van der Waals surface area contributed by atoms with Crippen molar-refractivity contribution in [2.75, 3.05) is 20.2 Å². The minimum Gasteiger partial charge on any atom is -0.495 e. The lowest BCUT2D eigenvalue weighted by Crippen LogP contribution is -2.39. The minimum absolute atomic E-state index is 0.0614. The molecule has 0 bridgehead atoms. The lowest BCUT2D eigenvalue weighted by atomic mass is 10.0. The first-order valence-corrected chi connectivity index (χ1v) is 12.2. The Bertz CT molecular complexity index is 1110. The predicted molar refractivity (Wildman–Crippen MR) is 118 cm³/mol. The van der Waals surface area contributed by atoms with Crippen LogP contribution in [0, 0.1) is 6.92 Å². The Morgan fingerprint density at radius 1 is 1.17 bits per heavy atom. The molecule has 3 aromatic rings. The van der Waals surface area contributed by atoms with Gasteiger partial charge in [0.1, 0.15) is 20.7 Å². The second-order valence-corrected chi connectivity index (χ2v) is 10.6. The summed E-state index contributed by atoms with van der Waals surface area (Å²) in [6.07, 6.45) is 2.45. The van der Waals surface area contributed by atoms with E-state index in [0.29, 0.717) is 18.8 Å². The summed E-state index contributed by atoms with van der Waals surface area (Å²) in [5.41, 5.74) is 2.08. The molecule has 4 rings (SSSR count). The minimum atomic E-state index is -3.65. The summed E-state index contributed by atoms with van der Waals surface area (Å²) in [5.74, 6) is 0.440. The van der Waals surface area contributed by atoms with Gasteiger partial charge in [-0.3, -0.25) is 0 Å². The van der Waals surface area contributed by atoms with E-state index in [2.05, 4.69) is 22.3 Å². The molecule has 1 aliphatic rings. The smallest absolute Gasteiger partial charge is 0.246 e. The van der Waals surface area contributed by atoms with E-state index in [1.807, 2.05) is 31.2 Å². The van der Waals surface area contributed by atoms with Gasteiger partial charge in [-0.2, -0.15) is 4.31 Å². The molecular weight excluding hydrogens is 418 g/mol. The standard InChI is InChI=1S/C22H25N3O3S2/c1-16-10-11-19(28-2)20(13-16)30(26,27)25-12-6-9-18(15-25)22-24-23-21(29-22)14-17-7-4-3-5-8-17/h3-5,7-8,10-11,13,18H,6,9,12,14-15H2,1-2H3/t18-/m0/s1. The summed E-state index contributed by atoms with van der Waals surface area (Å²) >= 11 is 1.58. The molecule has 0 N–H and O–H groups in total. The van der Waals surface area contributed by atoms with Crippen LogP contribution >= 0.6 is 11.3 Å². The topological polar surface area (TPSA) is 72.4 Å². The van der Waals surface area contributed by atoms with Crippen molar-refractivity contribution >= 4 is 21.4 Å². The van der Waals surface area contributed by atoms with Crippen LogP contribution in [0.15, 0.2) is 53.4 Å². The second kappa shape index (κ2) is 8.83. The number of aromatic nitrogens is 2. The lowest BCUT2D eigenvalue weighted by molar-refractivity contribution is 0.312. The van der Waals surface area contributed by atoms with Gasteiger partial charge < -0.3 is 4.74 Å². The zero-order valence-electron chi connectivity index (χ0n) is 17.1. The van der Waals surface area contributed by atoms with Crippen LogP contribution in [0.2, 0.25) is 0 Å². The first-order chi connectivity index (χ1) is 14.5. The molecule has 1 fully saturated rings. The summed E-state index contributed by atoms with van der Waals surface area (Å²) < 4.78 is 33.6. The van der Waals surface area contributed by atoms with Crippen molar-refractivity contribution in [2.24, 2.45) is 0 Å². The first kappa shape index (κ1) is 21.0. The molecule has 0 radical (unpaired) electrons. The third kappa shape index (κ3) is 4.40. The molecule has 1 aromatic heterocycles. The van der Waals surface area contributed by atoms with Crippen molar-refractivity contribution < 1.29 is 13.2 Å². The van der Waals surface area contributed by atoms with Gasteiger partial charge in [0.2, 0.25) is 10.0 Å². The van der Waals surface area contributed by atoms with Crippen molar-refractivity contribution in [1.29, 1.82) is 0 Å². The van der Waals surface area contributed by atoms with Gasteiger partial charge in [0.15, 0.2) is 0 Å². The van der Waals surface area contributed by atoms with Crippen LogP contribution in [0.1, 0.15) is 39.9 Å². The summed E-state index contributed by atoms with van der Waals surface area (Å²) in [7, 11) is -2.15. The quantitative estimate of drug-likeness (QED) is 0.575. The molecule has 0 saturated carbocycles. The molecule has 2 heterocycles. The Kier molecular flexibility index (Phi) is 6.17. The molecule has 2 aromatic carbocycles. The van der Waals surface area contributed by atoms with Gasteiger partial charge in [-0.1, -0.05) is 36.4 Å². The largest absolute Gasteiger partial charge is 0.495 e. The number of benzene rings is 2. The molecule has 0 aliphatic carbocycles. The Labute approximate surface area is 181 Å². The summed E-state index contributed by atoms with van der Waals surface area (Å²) in [6, 6.07) is 15.4. The Balaban J connectivity index is 1.53. The van der Waals surface area contributed by atoms with Crippen LogP contribution in [-0.2, 0) is 16.4 Å². The van der Waals surface area contributed by atoms with Crippen molar-refractivity contribution in [3.63, 3.8) is 0 Å². The van der Waals surface area contributed by atoms with E-state index in [-0.39, 0.29) is 10.8 Å². The van der Waals surface area contributed by atoms with Gasteiger partial charge in [0, 0.05) is 25.4 Å². The number of piperidine rings is 1. The van der Waals surface area contributed by atoms with Crippen LogP contribution in [-0.4, -0.2) is 43.1 Å². The van der Waals surface area contributed by atoms with Gasteiger partial charge >= 0.3 is 0 Å². The van der Waals surface area contributed by atoms with Crippen LogP contribution in [0.25, 0.3) is 0 Å². The Morgan fingerprint density at radius 2 is 1.97 bits per heavy atom. The van der Waals surface area contributed by atoms with Gasteiger partial charge in [-0.25, -0.2) is 8.42 Å². The van der Waals surface area contributed by atoms with E-state index >= 15 is 0 Å². The highest BCUT2D eigenvalue weighted by Gasteiger charge is 2.34. The zero-order chi connectivity index (χ0) is 21.1. The van der Waals surface area contributed by atoms with E-state index in [0.717, 1.165) is 34.8 Å². The maximum Gasteiger partial charge on any atom is 0.246 e. The van der Waals surface area contributed by atoms with E-state index in [1.165, 1.54) is 12.7 Å². The van der Waals surface area contributed by atoms with Crippen molar-refractivity contribution in [1.82, 2.24) is 14.5 Å². The van der Waals surface area contributed by atoms with E-state index in [4.69, 9.17) is 4.74 Å². The molecule has 1 saturated heterocycles. The number of sulfonamides is 1. The predicted octanol–water partition coefficient (Wildman–Crippen LogP) is 4.01. The summed E-state index contributed by atoms with van der Waals surface area (Å²) in [4.78, 5) is 0.229. The van der Waals surface area contributed by atoms with Crippen LogP contribution in [0.4, 0.5) is 0 Å². The fourth-order valence-electron chi connectivity index (χ4n) is 3.76. The van der Waals surface area contributed by atoms with E-state index in [1.54, 1.807) is 27.8 Å². The fourth-order valence-corrected chi connectivity index (χ4v) is 6.53. The molecule has 0 amide bonds. The fraction of sp³-hybridized carbons (Fsp3) is 0.364. The van der Waals surface area contributed by atoms with Crippen molar-refractivity contribution in [2.45, 2.75) is 37.0 Å². The van der Waals surface area contributed by atoms with Crippen LogP contribution in [0.3, 0.4) is 0 Å². The molecule has 6 nitrogen and oxygen atoms in total. The molecule has 0 unspecified atom stereocenters.